The Labute approximate surface area is 111 Å². The Morgan fingerprint density at radius 3 is 2.67 bits per heavy atom. The van der Waals surface area contributed by atoms with E-state index in [9.17, 15) is 9.90 Å². The maximum absolute atomic E-state index is 11.3. The summed E-state index contributed by atoms with van der Waals surface area (Å²) in [6.07, 6.45) is 4.47. The van der Waals surface area contributed by atoms with Crippen LogP contribution in [0.3, 0.4) is 0 Å². The van der Waals surface area contributed by atoms with Gasteiger partial charge in [0.2, 0.25) is 0 Å². The molecule has 0 aliphatic heterocycles. The van der Waals surface area contributed by atoms with Gasteiger partial charge in [0.15, 0.2) is 0 Å². The van der Waals surface area contributed by atoms with E-state index in [2.05, 4.69) is 32.7 Å². The summed E-state index contributed by atoms with van der Waals surface area (Å²) in [5, 5.41) is 9.28. The second-order valence-electron chi connectivity index (χ2n) is 6.31. The van der Waals surface area contributed by atoms with Gasteiger partial charge in [0.25, 0.3) is 0 Å². The third-order valence-corrected chi connectivity index (χ3v) is 4.98. The van der Waals surface area contributed by atoms with Crippen molar-refractivity contribution in [1.82, 2.24) is 4.90 Å². The van der Waals surface area contributed by atoms with E-state index < -0.39 is 11.5 Å². The molecule has 0 heterocycles. The van der Waals surface area contributed by atoms with Crippen molar-refractivity contribution in [2.45, 2.75) is 64.0 Å². The first-order valence-corrected chi connectivity index (χ1v) is 6.97. The van der Waals surface area contributed by atoms with Crippen LogP contribution in [0.15, 0.2) is 0 Å². The lowest BCUT2D eigenvalue weighted by Crippen LogP contribution is -2.52. The minimum absolute atomic E-state index is 0.116. The van der Waals surface area contributed by atoms with Crippen molar-refractivity contribution < 1.29 is 9.90 Å². The SMILES string of the molecule is CCC(C)(C)N(C)CCC1CCCC1(N)C(=O)O. The fraction of sp³-hybridized carbons (Fsp3) is 0.929. The molecule has 2 atom stereocenters. The summed E-state index contributed by atoms with van der Waals surface area (Å²) in [7, 11) is 2.11. The third-order valence-electron chi connectivity index (χ3n) is 4.98. The topological polar surface area (TPSA) is 66.6 Å². The first-order valence-electron chi connectivity index (χ1n) is 6.97. The van der Waals surface area contributed by atoms with Crippen LogP contribution in [0, 0.1) is 5.92 Å². The summed E-state index contributed by atoms with van der Waals surface area (Å²) >= 11 is 0. The molecule has 1 rings (SSSR count). The van der Waals surface area contributed by atoms with Crippen LogP contribution in [-0.2, 0) is 4.79 Å². The molecule has 1 fully saturated rings. The lowest BCUT2D eigenvalue weighted by molar-refractivity contribution is -0.144. The van der Waals surface area contributed by atoms with Crippen LogP contribution in [0.1, 0.15) is 52.9 Å². The maximum atomic E-state index is 11.3. The van der Waals surface area contributed by atoms with Crippen LogP contribution < -0.4 is 5.73 Å². The van der Waals surface area contributed by atoms with Crippen molar-refractivity contribution in [2.75, 3.05) is 13.6 Å². The van der Waals surface area contributed by atoms with Gasteiger partial charge in [0.05, 0.1) is 0 Å². The van der Waals surface area contributed by atoms with E-state index in [1.165, 1.54) is 0 Å². The fourth-order valence-corrected chi connectivity index (χ4v) is 2.71. The summed E-state index contributed by atoms with van der Waals surface area (Å²) in [6, 6.07) is 0. The van der Waals surface area contributed by atoms with Crippen LogP contribution >= 0.6 is 0 Å². The highest BCUT2D eigenvalue weighted by Crippen LogP contribution is 2.36. The highest BCUT2D eigenvalue weighted by Gasteiger charge is 2.45. The smallest absolute Gasteiger partial charge is 0.323 e. The normalized spacial score (nSPS) is 28.9. The summed E-state index contributed by atoms with van der Waals surface area (Å²) in [4.78, 5) is 13.6. The molecule has 1 aliphatic carbocycles. The number of nitrogens with zero attached hydrogens (tertiary/aromatic N) is 1. The molecule has 0 aromatic rings. The van der Waals surface area contributed by atoms with Gasteiger partial charge >= 0.3 is 5.97 Å². The molecule has 1 saturated carbocycles. The van der Waals surface area contributed by atoms with Crippen molar-refractivity contribution in [1.29, 1.82) is 0 Å². The zero-order valence-electron chi connectivity index (χ0n) is 12.2. The van der Waals surface area contributed by atoms with Gasteiger partial charge in [-0.2, -0.15) is 0 Å². The number of rotatable bonds is 6. The van der Waals surface area contributed by atoms with Crippen molar-refractivity contribution in [3.63, 3.8) is 0 Å². The maximum Gasteiger partial charge on any atom is 0.323 e. The molecule has 0 saturated heterocycles. The monoisotopic (exact) mass is 256 g/mol. The molecule has 18 heavy (non-hydrogen) atoms. The molecule has 4 heteroatoms. The lowest BCUT2D eigenvalue weighted by atomic mass is 9.85. The molecule has 0 aromatic heterocycles. The van der Waals surface area contributed by atoms with E-state index in [1.807, 2.05) is 0 Å². The van der Waals surface area contributed by atoms with Gasteiger partial charge in [-0.25, -0.2) is 0 Å². The summed E-state index contributed by atoms with van der Waals surface area (Å²) in [6.45, 7) is 7.53. The van der Waals surface area contributed by atoms with Crippen molar-refractivity contribution in [3.05, 3.63) is 0 Å². The summed E-state index contributed by atoms with van der Waals surface area (Å²) in [5.41, 5.74) is 5.23. The van der Waals surface area contributed by atoms with Crippen molar-refractivity contribution in [3.8, 4) is 0 Å². The average Bonchev–Trinajstić information content (AvgIpc) is 2.69. The van der Waals surface area contributed by atoms with Crippen LogP contribution in [0.25, 0.3) is 0 Å². The van der Waals surface area contributed by atoms with Gasteiger partial charge in [-0.1, -0.05) is 13.3 Å². The number of carboxylic acids is 1. The zero-order valence-corrected chi connectivity index (χ0v) is 12.2. The minimum Gasteiger partial charge on any atom is -0.480 e. The largest absolute Gasteiger partial charge is 0.480 e. The Morgan fingerprint density at radius 1 is 1.56 bits per heavy atom. The Morgan fingerprint density at radius 2 is 2.17 bits per heavy atom. The van der Waals surface area contributed by atoms with Gasteiger partial charge in [0, 0.05) is 5.54 Å². The van der Waals surface area contributed by atoms with Gasteiger partial charge in [-0.05, 0) is 59.0 Å². The van der Waals surface area contributed by atoms with E-state index in [1.54, 1.807) is 0 Å². The highest BCUT2D eigenvalue weighted by atomic mass is 16.4. The van der Waals surface area contributed by atoms with E-state index in [4.69, 9.17) is 5.73 Å². The zero-order chi connectivity index (χ0) is 14.0. The average molecular weight is 256 g/mol. The molecule has 0 spiro atoms. The number of carboxylic acid groups (broad SMARTS) is 1. The van der Waals surface area contributed by atoms with Gasteiger partial charge in [0.1, 0.15) is 5.54 Å². The fourth-order valence-electron chi connectivity index (χ4n) is 2.71. The van der Waals surface area contributed by atoms with Crippen molar-refractivity contribution >= 4 is 5.97 Å². The van der Waals surface area contributed by atoms with E-state index >= 15 is 0 Å². The quantitative estimate of drug-likeness (QED) is 0.763. The molecule has 0 amide bonds. The van der Waals surface area contributed by atoms with Gasteiger partial charge in [-0.15, -0.1) is 0 Å². The summed E-state index contributed by atoms with van der Waals surface area (Å²) in [5.74, 6) is -0.715. The first kappa shape index (κ1) is 15.4. The molecular weight excluding hydrogens is 228 g/mol. The van der Waals surface area contributed by atoms with Gasteiger partial charge in [-0.3, -0.25) is 4.79 Å². The minimum atomic E-state index is -0.989. The van der Waals surface area contributed by atoms with Crippen LogP contribution in [-0.4, -0.2) is 40.6 Å². The molecular formula is C14H28N2O2. The third kappa shape index (κ3) is 3.04. The molecule has 3 N–H and O–H groups in total. The van der Waals surface area contributed by atoms with Gasteiger partial charge < -0.3 is 15.7 Å². The van der Waals surface area contributed by atoms with Crippen LogP contribution in [0.2, 0.25) is 0 Å². The predicted octanol–water partition coefficient (Wildman–Crippen LogP) is 2.08. The molecule has 4 nitrogen and oxygen atoms in total. The van der Waals surface area contributed by atoms with E-state index in [0.717, 1.165) is 32.2 Å². The molecule has 0 aromatic carbocycles. The molecule has 106 valence electrons. The standard InChI is InChI=1S/C14H28N2O2/c1-5-13(2,3)16(4)10-8-11-7-6-9-14(11,15)12(17)18/h11H,5-10,15H2,1-4H3,(H,17,18). The molecule has 0 radical (unpaired) electrons. The highest BCUT2D eigenvalue weighted by molar-refractivity contribution is 5.79. The first-order chi connectivity index (χ1) is 8.24. The Balaban J connectivity index is 2.56. The van der Waals surface area contributed by atoms with Crippen molar-refractivity contribution in [2.24, 2.45) is 11.7 Å². The Bertz CT molecular complexity index is 304. The Kier molecular flexibility index (Phi) is 4.78. The number of carbonyl (C=O) groups is 1. The summed E-state index contributed by atoms with van der Waals surface area (Å²) < 4.78 is 0. The van der Waals surface area contributed by atoms with Crippen LogP contribution in [0.4, 0.5) is 0 Å². The number of nitrogens with two attached hydrogens (primary N) is 1. The molecule has 0 bridgehead atoms. The second kappa shape index (κ2) is 5.57. The van der Waals surface area contributed by atoms with Crippen LogP contribution in [0.5, 0.6) is 0 Å². The van der Waals surface area contributed by atoms with E-state index in [-0.39, 0.29) is 11.5 Å². The van der Waals surface area contributed by atoms with E-state index in [0.29, 0.717) is 6.42 Å². The Hall–Kier alpha value is -0.610. The predicted molar refractivity (Wildman–Crippen MR) is 73.5 cm³/mol. The number of hydrogen-bond acceptors (Lipinski definition) is 3. The second-order valence-corrected chi connectivity index (χ2v) is 6.31. The number of aliphatic carboxylic acids is 1. The molecule has 1 aliphatic rings. The lowest BCUT2D eigenvalue weighted by Gasteiger charge is -2.36. The molecule has 2 unspecified atom stereocenters. The number of hydrogen-bond donors (Lipinski definition) is 2.